The van der Waals surface area contributed by atoms with Gasteiger partial charge in [-0.3, -0.25) is 4.79 Å². The molecule has 1 unspecified atom stereocenters. The lowest BCUT2D eigenvalue weighted by Gasteiger charge is -2.44. The lowest BCUT2D eigenvalue weighted by molar-refractivity contribution is -0.124. The monoisotopic (exact) mass is 292 g/mol. The van der Waals surface area contributed by atoms with Gasteiger partial charge in [0.05, 0.1) is 11.3 Å². The predicted molar refractivity (Wildman–Crippen MR) is 81.2 cm³/mol. The van der Waals surface area contributed by atoms with Gasteiger partial charge >= 0.3 is 0 Å². The van der Waals surface area contributed by atoms with E-state index in [0.717, 1.165) is 23.7 Å². The van der Waals surface area contributed by atoms with Gasteiger partial charge in [-0.15, -0.1) is 11.8 Å². The second-order valence-corrected chi connectivity index (χ2v) is 6.92. The largest absolute Gasteiger partial charge is 0.388 e. The van der Waals surface area contributed by atoms with Crippen molar-refractivity contribution in [3.8, 4) is 0 Å². The van der Waals surface area contributed by atoms with Gasteiger partial charge < -0.3 is 14.9 Å². The molecule has 2 aliphatic rings. The summed E-state index contributed by atoms with van der Waals surface area (Å²) in [6, 6.07) is 7.89. The van der Waals surface area contributed by atoms with Crippen molar-refractivity contribution in [2.45, 2.75) is 28.6 Å². The molecule has 0 saturated carbocycles. The third-order valence-electron chi connectivity index (χ3n) is 4.37. The topological polar surface area (TPSA) is 43.8 Å². The zero-order chi connectivity index (χ0) is 14.3. The molecule has 5 heteroatoms. The molecule has 1 atom stereocenters. The first-order chi connectivity index (χ1) is 9.51. The molecule has 0 bridgehead atoms. The van der Waals surface area contributed by atoms with Crippen molar-refractivity contribution in [3.05, 3.63) is 24.3 Å². The Bertz CT molecular complexity index is 526. The summed E-state index contributed by atoms with van der Waals surface area (Å²) in [4.78, 5) is 17.6. The first kappa shape index (κ1) is 13.9. The summed E-state index contributed by atoms with van der Waals surface area (Å²) in [5.74, 6) is 0.0146. The molecular weight excluding hydrogens is 272 g/mol. The molecule has 2 aliphatic heterocycles. The van der Waals surface area contributed by atoms with Crippen molar-refractivity contribution >= 4 is 23.4 Å². The van der Waals surface area contributed by atoms with Crippen LogP contribution in [0.1, 0.15) is 12.8 Å². The minimum absolute atomic E-state index is 0.0146. The highest BCUT2D eigenvalue weighted by Gasteiger charge is 2.47. The van der Waals surface area contributed by atoms with Crippen LogP contribution in [0, 0.1) is 0 Å². The van der Waals surface area contributed by atoms with Gasteiger partial charge in [-0.25, -0.2) is 0 Å². The number of benzene rings is 1. The van der Waals surface area contributed by atoms with Gasteiger partial charge in [0.25, 0.3) is 0 Å². The molecule has 1 aromatic carbocycles. The Morgan fingerprint density at radius 2 is 1.90 bits per heavy atom. The molecule has 1 N–H and O–H groups in total. The van der Waals surface area contributed by atoms with Crippen LogP contribution in [-0.2, 0) is 4.79 Å². The van der Waals surface area contributed by atoms with E-state index in [-0.39, 0.29) is 5.91 Å². The molecular formula is C15H20N2O2S. The van der Waals surface area contributed by atoms with Crippen LogP contribution in [0.5, 0.6) is 0 Å². The number of hydrogen-bond acceptors (Lipinski definition) is 4. The molecule has 1 aromatic rings. The number of likely N-dealkylation sites (tertiary alicyclic amines) is 1. The summed E-state index contributed by atoms with van der Waals surface area (Å²) in [6.07, 6.45) is 1.31. The number of hydrogen-bond donors (Lipinski definition) is 1. The molecule has 1 amide bonds. The van der Waals surface area contributed by atoms with Gasteiger partial charge in [0.1, 0.15) is 5.25 Å². The van der Waals surface area contributed by atoms with Gasteiger partial charge in [-0.2, -0.15) is 0 Å². The van der Waals surface area contributed by atoms with Crippen molar-refractivity contribution in [3.63, 3.8) is 0 Å². The third kappa shape index (κ3) is 2.24. The maximum atomic E-state index is 12.6. The van der Waals surface area contributed by atoms with E-state index in [1.807, 2.05) is 24.3 Å². The number of fused-ring (bicyclic) bond motifs is 1. The van der Waals surface area contributed by atoms with Crippen LogP contribution < -0.4 is 4.90 Å². The van der Waals surface area contributed by atoms with E-state index in [1.165, 1.54) is 11.8 Å². The molecule has 0 aromatic heterocycles. The molecule has 0 radical (unpaired) electrons. The van der Waals surface area contributed by atoms with Crippen LogP contribution in [0.4, 0.5) is 5.69 Å². The number of rotatable bonds is 1. The van der Waals surface area contributed by atoms with Gasteiger partial charge in [-0.05, 0) is 32.0 Å². The lowest BCUT2D eigenvalue weighted by Crippen LogP contribution is -2.56. The van der Waals surface area contributed by atoms with Crippen LogP contribution >= 0.6 is 11.8 Å². The number of piperidine rings is 1. The number of carbonyl (C=O) groups excluding carboxylic acids is 1. The SMILES string of the molecule is CN1CCC(O)(C2Sc3ccccc3N(C)C2=O)CC1. The number of nitrogens with zero attached hydrogens (tertiary/aromatic N) is 2. The smallest absolute Gasteiger partial charge is 0.243 e. The van der Waals surface area contributed by atoms with Crippen molar-refractivity contribution in [2.24, 2.45) is 0 Å². The fraction of sp³-hybridized carbons (Fsp3) is 0.533. The number of para-hydroxylation sites is 1. The molecule has 1 saturated heterocycles. The fourth-order valence-electron chi connectivity index (χ4n) is 2.91. The summed E-state index contributed by atoms with van der Waals surface area (Å²) in [7, 11) is 3.85. The molecule has 4 nitrogen and oxygen atoms in total. The summed E-state index contributed by atoms with van der Waals surface area (Å²) in [5, 5.41) is 10.5. The zero-order valence-electron chi connectivity index (χ0n) is 11.9. The fourth-order valence-corrected chi connectivity index (χ4v) is 4.36. The van der Waals surface area contributed by atoms with Crippen LogP contribution in [0.3, 0.4) is 0 Å². The Balaban J connectivity index is 1.90. The molecule has 2 heterocycles. The number of amides is 1. The van der Waals surface area contributed by atoms with Gasteiger partial charge in [0.15, 0.2) is 0 Å². The summed E-state index contributed by atoms with van der Waals surface area (Å²) in [6.45, 7) is 1.68. The highest BCUT2D eigenvalue weighted by molar-refractivity contribution is 8.01. The lowest BCUT2D eigenvalue weighted by atomic mass is 9.87. The molecule has 0 spiro atoms. The maximum absolute atomic E-state index is 12.6. The van der Waals surface area contributed by atoms with Crippen LogP contribution in [0.15, 0.2) is 29.2 Å². The number of aliphatic hydroxyl groups is 1. The normalized spacial score (nSPS) is 26.4. The van der Waals surface area contributed by atoms with Crippen molar-refractivity contribution < 1.29 is 9.90 Å². The second kappa shape index (κ2) is 5.06. The van der Waals surface area contributed by atoms with Gasteiger partial charge in [0, 0.05) is 25.0 Å². The van der Waals surface area contributed by atoms with Crippen LogP contribution in [-0.4, -0.2) is 53.9 Å². The Hall–Kier alpha value is -1.04. The van der Waals surface area contributed by atoms with Gasteiger partial charge in [-0.1, -0.05) is 12.1 Å². The minimum atomic E-state index is -0.893. The van der Waals surface area contributed by atoms with E-state index < -0.39 is 10.9 Å². The summed E-state index contributed by atoms with van der Waals surface area (Å²) in [5.41, 5.74) is 0.0473. The quantitative estimate of drug-likeness (QED) is 0.853. The Morgan fingerprint density at radius 3 is 2.60 bits per heavy atom. The van der Waals surface area contributed by atoms with Gasteiger partial charge in [0.2, 0.25) is 5.91 Å². The number of thioether (sulfide) groups is 1. The number of carbonyl (C=O) groups is 1. The molecule has 20 heavy (non-hydrogen) atoms. The Labute approximate surface area is 123 Å². The van der Waals surface area contributed by atoms with E-state index in [9.17, 15) is 9.90 Å². The standard InChI is InChI=1S/C15H20N2O2S/c1-16-9-7-15(19,8-10-16)13-14(18)17(2)11-5-3-4-6-12(11)20-13/h3-6,13,19H,7-10H2,1-2H3. The first-order valence-electron chi connectivity index (χ1n) is 6.95. The van der Waals surface area contributed by atoms with E-state index in [0.29, 0.717) is 12.8 Å². The second-order valence-electron chi connectivity index (χ2n) is 5.77. The van der Waals surface area contributed by atoms with E-state index in [2.05, 4.69) is 11.9 Å². The third-order valence-corrected chi connectivity index (χ3v) is 5.84. The van der Waals surface area contributed by atoms with Crippen molar-refractivity contribution in [1.29, 1.82) is 0 Å². The predicted octanol–water partition coefficient (Wildman–Crippen LogP) is 1.58. The summed E-state index contributed by atoms with van der Waals surface area (Å²) < 4.78 is 0. The zero-order valence-corrected chi connectivity index (χ0v) is 12.7. The van der Waals surface area contributed by atoms with Crippen LogP contribution in [0.25, 0.3) is 0 Å². The molecule has 3 rings (SSSR count). The van der Waals surface area contributed by atoms with E-state index in [4.69, 9.17) is 0 Å². The Morgan fingerprint density at radius 1 is 1.25 bits per heavy atom. The maximum Gasteiger partial charge on any atom is 0.243 e. The minimum Gasteiger partial charge on any atom is -0.388 e. The highest BCUT2D eigenvalue weighted by atomic mass is 32.2. The van der Waals surface area contributed by atoms with Crippen LogP contribution in [0.2, 0.25) is 0 Å². The summed E-state index contributed by atoms with van der Waals surface area (Å²) >= 11 is 1.52. The van der Waals surface area contributed by atoms with E-state index >= 15 is 0 Å². The average molecular weight is 292 g/mol. The average Bonchev–Trinajstić information content (AvgIpc) is 2.46. The van der Waals surface area contributed by atoms with E-state index in [1.54, 1.807) is 11.9 Å². The first-order valence-corrected chi connectivity index (χ1v) is 7.83. The molecule has 0 aliphatic carbocycles. The molecule has 108 valence electrons. The van der Waals surface area contributed by atoms with Crippen molar-refractivity contribution in [2.75, 3.05) is 32.1 Å². The van der Waals surface area contributed by atoms with Crippen molar-refractivity contribution in [1.82, 2.24) is 4.90 Å². The molecule has 1 fully saturated rings. The number of anilines is 1. The Kier molecular flexibility index (Phi) is 3.52. The highest BCUT2D eigenvalue weighted by Crippen LogP contribution is 2.44.